The minimum absolute atomic E-state index is 0.159. The van der Waals surface area contributed by atoms with Crippen LogP contribution in [-0.2, 0) is 4.79 Å². The quantitative estimate of drug-likeness (QED) is 0.777. The highest BCUT2D eigenvalue weighted by atomic mass is 16.1. The molecule has 1 heteroatoms. The average molecular weight is 278 g/mol. The maximum absolute atomic E-state index is 12.2. The van der Waals surface area contributed by atoms with Gasteiger partial charge in [0, 0.05) is 5.92 Å². The maximum atomic E-state index is 12.2. The molecule has 1 aliphatic rings. The van der Waals surface area contributed by atoms with Crippen LogP contribution >= 0.6 is 0 Å². The summed E-state index contributed by atoms with van der Waals surface area (Å²) < 4.78 is 0. The van der Waals surface area contributed by atoms with Gasteiger partial charge in [-0.05, 0) is 49.1 Å². The number of Topliss-reactive ketones (excluding diaryl/α,β-unsaturated/α-hetero) is 1. The predicted molar refractivity (Wildman–Crippen MR) is 86.4 cm³/mol. The fraction of sp³-hybridized carbons (Fsp3) is 0.350. The number of ketones is 1. The van der Waals surface area contributed by atoms with Crippen molar-refractivity contribution in [2.45, 2.75) is 38.0 Å². The first kappa shape index (κ1) is 14.1. The lowest BCUT2D eigenvalue weighted by Gasteiger charge is -2.35. The lowest BCUT2D eigenvalue weighted by Crippen LogP contribution is -2.27. The SMILES string of the molecule is CC(=O)[C@@H]1C[C@H](c2ccccc2)CC[C@@H]1c1ccccc1. The highest BCUT2D eigenvalue weighted by Gasteiger charge is 2.34. The Balaban J connectivity index is 1.83. The summed E-state index contributed by atoms with van der Waals surface area (Å²) in [6.45, 7) is 1.76. The van der Waals surface area contributed by atoms with Gasteiger partial charge in [-0.25, -0.2) is 0 Å². The van der Waals surface area contributed by atoms with E-state index < -0.39 is 0 Å². The molecule has 0 unspecified atom stereocenters. The minimum atomic E-state index is 0.159. The van der Waals surface area contributed by atoms with E-state index in [1.54, 1.807) is 6.92 Å². The zero-order valence-corrected chi connectivity index (χ0v) is 12.5. The van der Waals surface area contributed by atoms with Crippen LogP contribution in [0.4, 0.5) is 0 Å². The highest BCUT2D eigenvalue weighted by molar-refractivity contribution is 5.79. The molecular formula is C20H22O. The van der Waals surface area contributed by atoms with Crippen LogP contribution in [0.3, 0.4) is 0 Å². The number of rotatable bonds is 3. The standard InChI is InChI=1S/C20H22O/c1-15(21)20-14-18(16-8-4-2-5-9-16)12-13-19(20)17-10-6-3-7-11-17/h2-11,18-20H,12-14H2,1H3/t18-,19-,20+/m1/s1. The molecule has 3 atom stereocenters. The summed E-state index contributed by atoms with van der Waals surface area (Å²) in [5.74, 6) is 1.42. The second kappa shape index (κ2) is 6.26. The Labute approximate surface area is 127 Å². The first-order chi connectivity index (χ1) is 10.3. The molecule has 1 fully saturated rings. The van der Waals surface area contributed by atoms with E-state index in [0.29, 0.717) is 17.6 Å². The van der Waals surface area contributed by atoms with E-state index in [2.05, 4.69) is 54.6 Å². The van der Waals surface area contributed by atoms with Crippen LogP contribution in [-0.4, -0.2) is 5.78 Å². The molecule has 0 spiro atoms. The van der Waals surface area contributed by atoms with E-state index in [0.717, 1.165) is 12.8 Å². The van der Waals surface area contributed by atoms with Crippen molar-refractivity contribution in [3.63, 3.8) is 0 Å². The number of benzene rings is 2. The van der Waals surface area contributed by atoms with Gasteiger partial charge in [0.15, 0.2) is 0 Å². The van der Waals surface area contributed by atoms with Crippen LogP contribution in [0, 0.1) is 5.92 Å². The molecule has 1 saturated carbocycles. The van der Waals surface area contributed by atoms with Gasteiger partial charge in [0.2, 0.25) is 0 Å². The molecular weight excluding hydrogens is 256 g/mol. The lowest BCUT2D eigenvalue weighted by atomic mass is 9.68. The van der Waals surface area contributed by atoms with Crippen LogP contribution in [0.2, 0.25) is 0 Å². The number of hydrogen-bond acceptors (Lipinski definition) is 1. The summed E-state index contributed by atoms with van der Waals surface area (Å²) in [6.07, 6.45) is 3.26. The molecule has 0 heterocycles. The molecule has 21 heavy (non-hydrogen) atoms. The Morgan fingerprint density at radius 3 is 2.00 bits per heavy atom. The maximum Gasteiger partial charge on any atom is 0.133 e. The van der Waals surface area contributed by atoms with Gasteiger partial charge in [0.25, 0.3) is 0 Å². The molecule has 0 saturated heterocycles. The normalized spacial score (nSPS) is 25.5. The highest BCUT2D eigenvalue weighted by Crippen LogP contribution is 2.44. The van der Waals surface area contributed by atoms with Gasteiger partial charge in [-0.1, -0.05) is 60.7 Å². The van der Waals surface area contributed by atoms with Gasteiger partial charge < -0.3 is 0 Å². The van der Waals surface area contributed by atoms with E-state index in [4.69, 9.17) is 0 Å². The second-order valence-electron chi connectivity index (χ2n) is 6.15. The van der Waals surface area contributed by atoms with Crippen LogP contribution in [0.25, 0.3) is 0 Å². The van der Waals surface area contributed by atoms with Crippen molar-refractivity contribution in [2.75, 3.05) is 0 Å². The fourth-order valence-electron chi connectivity index (χ4n) is 3.75. The van der Waals surface area contributed by atoms with Crippen LogP contribution < -0.4 is 0 Å². The van der Waals surface area contributed by atoms with E-state index >= 15 is 0 Å². The minimum Gasteiger partial charge on any atom is -0.300 e. The Bertz CT molecular complexity index is 588. The van der Waals surface area contributed by atoms with Crippen molar-refractivity contribution < 1.29 is 4.79 Å². The summed E-state index contributed by atoms with van der Waals surface area (Å²) in [5, 5.41) is 0. The van der Waals surface area contributed by atoms with Crippen molar-refractivity contribution in [3.05, 3.63) is 71.8 Å². The monoisotopic (exact) mass is 278 g/mol. The zero-order chi connectivity index (χ0) is 14.7. The summed E-state index contributed by atoms with van der Waals surface area (Å²) in [4.78, 5) is 12.2. The van der Waals surface area contributed by atoms with Crippen molar-refractivity contribution >= 4 is 5.78 Å². The summed E-state index contributed by atoms with van der Waals surface area (Å²) in [5.41, 5.74) is 2.71. The third kappa shape index (κ3) is 3.07. The molecule has 2 aromatic carbocycles. The van der Waals surface area contributed by atoms with E-state index in [1.165, 1.54) is 17.5 Å². The largest absolute Gasteiger partial charge is 0.300 e. The van der Waals surface area contributed by atoms with Crippen molar-refractivity contribution in [1.82, 2.24) is 0 Å². The van der Waals surface area contributed by atoms with Gasteiger partial charge in [-0.3, -0.25) is 4.79 Å². The van der Waals surface area contributed by atoms with E-state index in [9.17, 15) is 4.79 Å². The number of hydrogen-bond donors (Lipinski definition) is 0. The zero-order valence-electron chi connectivity index (χ0n) is 12.5. The molecule has 0 aromatic heterocycles. The van der Waals surface area contributed by atoms with Gasteiger partial charge in [-0.2, -0.15) is 0 Å². The van der Waals surface area contributed by atoms with Crippen LogP contribution in [0.1, 0.15) is 49.1 Å². The molecule has 0 aliphatic heterocycles. The Kier molecular flexibility index (Phi) is 4.19. The van der Waals surface area contributed by atoms with Crippen LogP contribution in [0.15, 0.2) is 60.7 Å². The van der Waals surface area contributed by atoms with Gasteiger partial charge in [0.05, 0.1) is 0 Å². The molecule has 2 aromatic rings. The molecule has 0 amide bonds. The third-order valence-electron chi connectivity index (χ3n) is 4.87. The Morgan fingerprint density at radius 2 is 1.43 bits per heavy atom. The van der Waals surface area contributed by atoms with Crippen molar-refractivity contribution in [1.29, 1.82) is 0 Å². The number of carbonyl (C=O) groups is 1. The van der Waals surface area contributed by atoms with Crippen molar-refractivity contribution in [2.24, 2.45) is 5.92 Å². The van der Waals surface area contributed by atoms with E-state index in [-0.39, 0.29) is 5.92 Å². The molecule has 0 bridgehead atoms. The topological polar surface area (TPSA) is 17.1 Å². The third-order valence-corrected chi connectivity index (χ3v) is 4.87. The van der Waals surface area contributed by atoms with Gasteiger partial charge in [0.1, 0.15) is 5.78 Å². The van der Waals surface area contributed by atoms with Gasteiger partial charge in [-0.15, -0.1) is 0 Å². The molecule has 3 rings (SSSR count). The predicted octanol–water partition coefficient (Wildman–Crippen LogP) is 4.94. The summed E-state index contributed by atoms with van der Waals surface area (Å²) in [6, 6.07) is 21.2. The first-order valence-corrected chi connectivity index (χ1v) is 7.86. The average Bonchev–Trinajstić information content (AvgIpc) is 2.56. The molecule has 1 aliphatic carbocycles. The Morgan fingerprint density at radius 1 is 0.857 bits per heavy atom. The summed E-state index contributed by atoms with van der Waals surface area (Å²) >= 11 is 0. The number of carbonyl (C=O) groups excluding carboxylic acids is 1. The fourth-order valence-corrected chi connectivity index (χ4v) is 3.75. The van der Waals surface area contributed by atoms with E-state index in [1.807, 2.05) is 6.07 Å². The molecule has 1 nitrogen and oxygen atoms in total. The molecule has 0 radical (unpaired) electrons. The second-order valence-corrected chi connectivity index (χ2v) is 6.15. The summed E-state index contributed by atoms with van der Waals surface area (Å²) in [7, 11) is 0. The first-order valence-electron chi connectivity index (χ1n) is 7.86. The van der Waals surface area contributed by atoms with Gasteiger partial charge >= 0.3 is 0 Å². The molecule has 108 valence electrons. The Hall–Kier alpha value is -1.89. The molecule has 0 N–H and O–H groups in total. The lowest BCUT2D eigenvalue weighted by molar-refractivity contribution is -0.122. The van der Waals surface area contributed by atoms with Crippen molar-refractivity contribution in [3.8, 4) is 0 Å². The smallest absolute Gasteiger partial charge is 0.133 e. The van der Waals surface area contributed by atoms with Crippen LogP contribution in [0.5, 0.6) is 0 Å².